The fourth-order valence-electron chi connectivity index (χ4n) is 2.29. The van der Waals surface area contributed by atoms with Crippen LogP contribution in [0.1, 0.15) is 25.3 Å². The number of methoxy groups -OCH3 is 1. The molecule has 0 aliphatic carbocycles. The normalized spacial score (nSPS) is 23.4. The van der Waals surface area contributed by atoms with Crippen molar-refractivity contribution in [3.8, 4) is 5.75 Å². The lowest BCUT2D eigenvalue weighted by atomic mass is 9.84. The number of hydrogen-bond donors (Lipinski definition) is 2. The molecular formula is C13H19NO2. The van der Waals surface area contributed by atoms with Gasteiger partial charge in [0.1, 0.15) is 5.75 Å². The molecule has 0 saturated heterocycles. The largest absolute Gasteiger partial charge is 0.495 e. The van der Waals surface area contributed by atoms with Crippen LogP contribution in [0.3, 0.4) is 0 Å². The number of nitrogens with one attached hydrogen (secondary N) is 1. The molecule has 0 bridgehead atoms. The van der Waals surface area contributed by atoms with Crippen LogP contribution >= 0.6 is 0 Å². The number of fused-ring (bicyclic) bond motifs is 1. The summed E-state index contributed by atoms with van der Waals surface area (Å²) in [4.78, 5) is 0. The Labute approximate surface area is 96.4 Å². The van der Waals surface area contributed by atoms with Crippen LogP contribution in [0.2, 0.25) is 0 Å². The number of hydrogen-bond acceptors (Lipinski definition) is 3. The molecule has 3 heteroatoms. The summed E-state index contributed by atoms with van der Waals surface area (Å²) in [5.41, 5.74) is 2.14. The topological polar surface area (TPSA) is 41.5 Å². The van der Waals surface area contributed by atoms with E-state index >= 15 is 0 Å². The van der Waals surface area contributed by atoms with Gasteiger partial charge in [-0.1, -0.05) is 19.1 Å². The molecular weight excluding hydrogens is 202 g/mol. The van der Waals surface area contributed by atoms with Crippen molar-refractivity contribution in [2.75, 3.05) is 19.0 Å². The summed E-state index contributed by atoms with van der Waals surface area (Å²) < 4.78 is 5.35. The minimum atomic E-state index is -0.179. The van der Waals surface area contributed by atoms with Gasteiger partial charge in [0, 0.05) is 0 Å². The number of benzene rings is 1. The maximum absolute atomic E-state index is 9.53. The Hall–Kier alpha value is -1.22. The molecule has 1 atom stereocenters. The van der Waals surface area contributed by atoms with Crippen LogP contribution in [0.5, 0.6) is 5.75 Å². The van der Waals surface area contributed by atoms with E-state index in [0.717, 1.165) is 30.7 Å². The van der Waals surface area contributed by atoms with E-state index in [2.05, 4.69) is 18.3 Å². The summed E-state index contributed by atoms with van der Waals surface area (Å²) in [7, 11) is 1.68. The maximum atomic E-state index is 9.53. The Bertz CT molecular complexity index is 358. The van der Waals surface area contributed by atoms with E-state index in [1.54, 1.807) is 7.11 Å². The number of aliphatic hydroxyl groups is 1. The van der Waals surface area contributed by atoms with E-state index in [9.17, 15) is 5.11 Å². The van der Waals surface area contributed by atoms with Gasteiger partial charge in [0.2, 0.25) is 0 Å². The molecule has 1 unspecified atom stereocenters. The molecule has 0 radical (unpaired) electrons. The molecule has 1 heterocycles. The van der Waals surface area contributed by atoms with Gasteiger partial charge in [-0.05, 0) is 30.9 Å². The van der Waals surface area contributed by atoms with E-state index in [4.69, 9.17) is 4.74 Å². The van der Waals surface area contributed by atoms with Crippen LogP contribution in [0.25, 0.3) is 0 Å². The van der Waals surface area contributed by atoms with Crippen molar-refractivity contribution in [1.29, 1.82) is 0 Å². The quantitative estimate of drug-likeness (QED) is 0.822. The molecule has 1 aromatic rings. The third kappa shape index (κ3) is 1.76. The second-order valence-corrected chi connectivity index (χ2v) is 4.41. The molecule has 16 heavy (non-hydrogen) atoms. The van der Waals surface area contributed by atoms with Gasteiger partial charge in [-0.25, -0.2) is 0 Å². The zero-order valence-corrected chi connectivity index (χ0v) is 9.92. The molecule has 0 amide bonds. The summed E-state index contributed by atoms with van der Waals surface area (Å²) in [5.74, 6) is 0.864. The molecule has 1 aromatic carbocycles. The van der Waals surface area contributed by atoms with Crippen molar-refractivity contribution >= 4 is 5.69 Å². The molecule has 0 saturated carbocycles. The first kappa shape index (κ1) is 11.3. The summed E-state index contributed by atoms with van der Waals surface area (Å²) in [6.07, 6.45) is 2.88. The van der Waals surface area contributed by atoms with Gasteiger partial charge < -0.3 is 15.2 Å². The highest BCUT2D eigenvalue weighted by Gasteiger charge is 2.32. The van der Waals surface area contributed by atoms with Gasteiger partial charge in [0.25, 0.3) is 0 Å². The van der Waals surface area contributed by atoms with Crippen LogP contribution in [0.15, 0.2) is 18.2 Å². The third-order valence-corrected chi connectivity index (χ3v) is 3.57. The standard InChI is InChI=1S/C13H19NO2/c1-3-13(9-15)8-7-10-5-4-6-11(16-2)12(10)14-13/h4-6,14-15H,3,7-9H2,1-2H3. The zero-order valence-electron chi connectivity index (χ0n) is 9.92. The average molecular weight is 221 g/mol. The van der Waals surface area contributed by atoms with Crippen molar-refractivity contribution in [2.24, 2.45) is 0 Å². The number of rotatable bonds is 3. The van der Waals surface area contributed by atoms with Gasteiger partial charge >= 0.3 is 0 Å². The molecule has 2 N–H and O–H groups in total. The zero-order chi connectivity index (χ0) is 11.6. The molecule has 0 aromatic heterocycles. The second-order valence-electron chi connectivity index (χ2n) is 4.41. The molecule has 2 rings (SSSR count). The number of para-hydroxylation sites is 1. The fraction of sp³-hybridized carbons (Fsp3) is 0.538. The predicted octanol–water partition coefficient (Wildman–Crippen LogP) is 2.19. The van der Waals surface area contributed by atoms with Gasteiger partial charge in [-0.2, -0.15) is 0 Å². The van der Waals surface area contributed by atoms with Gasteiger partial charge in [0.05, 0.1) is 24.9 Å². The Morgan fingerprint density at radius 1 is 1.50 bits per heavy atom. The lowest BCUT2D eigenvalue weighted by molar-refractivity contribution is 0.194. The van der Waals surface area contributed by atoms with Crippen LogP contribution in [0, 0.1) is 0 Å². The molecule has 88 valence electrons. The molecule has 0 fully saturated rings. The van der Waals surface area contributed by atoms with Crippen LogP contribution in [0.4, 0.5) is 5.69 Å². The number of aryl methyl sites for hydroxylation is 1. The molecule has 1 aliphatic heterocycles. The molecule has 1 aliphatic rings. The minimum absolute atomic E-state index is 0.168. The van der Waals surface area contributed by atoms with Gasteiger partial charge in [-0.3, -0.25) is 0 Å². The first-order chi connectivity index (χ1) is 7.74. The Kier molecular flexibility index (Phi) is 3.06. The van der Waals surface area contributed by atoms with E-state index < -0.39 is 0 Å². The van der Waals surface area contributed by atoms with E-state index in [0.29, 0.717) is 0 Å². The number of aliphatic hydroxyl groups excluding tert-OH is 1. The van der Waals surface area contributed by atoms with Crippen molar-refractivity contribution in [1.82, 2.24) is 0 Å². The van der Waals surface area contributed by atoms with E-state index in [1.165, 1.54) is 5.56 Å². The maximum Gasteiger partial charge on any atom is 0.142 e. The summed E-state index contributed by atoms with van der Waals surface area (Å²) in [5, 5.41) is 13.0. The predicted molar refractivity (Wildman–Crippen MR) is 65.0 cm³/mol. The molecule has 3 nitrogen and oxygen atoms in total. The Morgan fingerprint density at radius 2 is 2.31 bits per heavy atom. The smallest absolute Gasteiger partial charge is 0.142 e. The number of ether oxygens (including phenoxy) is 1. The van der Waals surface area contributed by atoms with Crippen molar-refractivity contribution in [2.45, 2.75) is 31.7 Å². The second kappa shape index (κ2) is 4.34. The highest BCUT2D eigenvalue weighted by molar-refractivity contribution is 5.65. The Balaban J connectivity index is 2.37. The summed E-state index contributed by atoms with van der Waals surface area (Å²) in [6.45, 7) is 2.27. The monoisotopic (exact) mass is 221 g/mol. The van der Waals surface area contributed by atoms with E-state index in [-0.39, 0.29) is 12.1 Å². The highest BCUT2D eigenvalue weighted by atomic mass is 16.5. The summed E-state index contributed by atoms with van der Waals surface area (Å²) in [6, 6.07) is 6.08. The third-order valence-electron chi connectivity index (χ3n) is 3.57. The lowest BCUT2D eigenvalue weighted by Crippen LogP contribution is -2.44. The Morgan fingerprint density at radius 3 is 2.94 bits per heavy atom. The van der Waals surface area contributed by atoms with Gasteiger partial charge in [0.15, 0.2) is 0 Å². The van der Waals surface area contributed by atoms with Crippen molar-refractivity contribution in [3.63, 3.8) is 0 Å². The van der Waals surface area contributed by atoms with Crippen LogP contribution < -0.4 is 10.1 Å². The van der Waals surface area contributed by atoms with Gasteiger partial charge in [-0.15, -0.1) is 0 Å². The SMILES string of the molecule is CCC1(CO)CCc2cccc(OC)c2N1. The fourth-order valence-corrected chi connectivity index (χ4v) is 2.29. The molecule has 0 spiro atoms. The lowest BCUT2D eigenvalue weighted by Gasteiger charge is -2.38. The first-order valence-electron chi connectivity index (χ1n) is 5.79. The van der Waals surface area contributed by atoms with E-state index in [1.807, 2.05) is 12.1 Å². The van der Waals surface area contributed by atoms with Crippen LogP contribution in [-0.4, -0.2) is 24.4 Å². The minimum Gasteiger partial charge on any atom is -0.495 e. The van der Waals surface area contributed by atoms with Crippen LogP contribution in [-0.2, 0) is 6.42 Å². The summed E-state index contributed by atoms with van der Waals surface area (Å²) >= 11 is 0. The van der Waals surface area contributed by atoms with Crippen molar-refractivity contribution < 1.29 is 9.84 Å². The highest BCUT2D eigenvalue weighted by Crippen LogP contribution is 2.38. The van der Waals surface area contributed by atoms with Crippen molar-refractivity contribution in [3.05, 3.63) is 23.8 Å². The number of anilines is 1. The average Bonchev–Trinajstić information content (AvgIpc) is 2.37. The first-order valence-corrected chi connectivity index (χ1v) is 5.79.